The highest BCUT2D eigenvalue weighted by atomic mass is 16.5. The smallest absolute Gasteiger partial charge is 0.223 e. The molecule has 0 saturated heterocycles. The van der Waals surface area contributed by atoms with Crippen LogP contribution in [0.5, 0.6) is 0 Å². The molecule has 0 aromatic carbocycles. The Hall–Kier alpha value is -1.50. The number of carbonyl (C=O) groups excluding carboxylic acids is 1. The first kappa shape index (κ1) is 12.9. The maximum atomic E-state index is 11.9. The number of ether oxygens (including phenoxy) is 1. The number of carbonyl (C=O) groups is 1. The molecule has 18 heavy (non-hydrogen) atoms. The molecule has 1 saturated carbocycles. The summed E-state index contributed by atoms with van der Waals surface area (Å²) in [6.45, 7) is 2.02. The van der Waals surface area contributed by atoms with Gasteiger partial charge in [-0.25, -0.2) is 0 Å². The third-order valence-corrected chi connectivity index (χ3v) is 3.40. The Kier molecular flexibility index (Phi) is 3.90. The molecule has 1 aromatic heterocycles. The number of H-pyrrole nitrogens is 1. The first-order chi connectivity index (χ1) is 8.67. The minimum Gasteiger partial charge on any atom is -0.378 e. The lowest BCUT2D eigenvalue weighted by atomic mass is 10.1. The first-order valence-electron chi connectivity index (χ1n) is 6.24. The van der Waals surface area contributed by atoms with Gasteiger partial charge < -0.3 is 10.1 Å². The van der Waals surface area contributed by atoms with Crippen LogP contribution in [0.1, 0.15) is 38.4 Å². The van der Waals surface area contributed by atoms with Crippen LogP contribution in [0.15, 0.2) is 0 Å². The molecule has 1 aliphatic rings. The van der Waals surface area contributed by atoms with Crippen LogP contribution in [0.3, 0.4) is 0 Å². The monoisotopic (exact) mass is 253 g/mol. The molecular weight excluding hydrogens is 234 g/mol. The Morgan fingerprint density at radius 2 is 2.39 bits per heavy atom. The van der Waals surface area contributed by atoms with E-state index in [2.05, 4.69) is 25.9 Å². The van der Waals surface area contributed by atoms with E-state index in [-0.39, 0.29) is 17.6 Å². The van der Waals surface area contributed by atoms with Gasteiger partial charge in [-0.3, -0.25) is 4.79 Å². The zero-order valence-electron chi connectivity index (χ0n) is 10.8. The van der Waals surface area contributed by atoms with Crippen molar-refractivity contribution in [3.8, 4) is 0 Å². The van der Waals surface area contributed by atoms with E-state index in [9.17, 15) is 4.79 Å². The Labute approximate surface area is 106 Å². The van der Waals surface area contributed by atoms with Crippen LogP contribution in [-0.4, -0.2) is 45.3 Å². The summed E-state index contributed by atoms with van der Waals surface area (Å²) in [5.41, 5.74) is -0.200. The van der Waals surface area contributed by atoms with Gasteiger partial charge in [-0.2, -0.15) is 5.21 Å². The van der Waals surface area contributed by atoms with Crippen LogP contribution in [0.2, 0.25) is 0 Å². The van der Waals surface area contributed by atoms with Crippen molar-refractivity contribution in [3.05, 3.63) is 5.82 Å². The fraction of sp³-hybridized carbons (Fsp3) is 0.818. The lowest BCUT2D eigenvalue weighted by Crippen LogP contribution is -2.38. The Bertz CT molecular complexity index is 388. The molecule has 2 N–H and O–H groups in total. The second-order valence-corrected chi connectivity index (χ2v) is 4.77. The summed E-state index contributed by atoms with van der Waals surface area (Å²) in [6, 6.07) is 0.0442. The molecule has 1 fully saturated rings. The maximum absolute atomic E-state index is 11.9. The van der Waals surface area contributed by atoms with Gasteiger partial charge >= 0.3 is 0 Å². The molecular formula is C11H19N5O2. The van der Waals surface area contributed by atoms with E-state index in [0.717, 1.165) is 19.3 Å². The Morgan fingerprint density at radius 3 is 2.89 bits per heavy atom. The van der Waals surface area contributed by atoms with Crippen molar-refractivity contribution in [2.45, 2.75) is 50.7 Å². The number of nitrogens with one attached hydrogen (secondary N) is 2. The molecule has 1 aliphatic carbocycles. The number of amides is 1. The second kappa shape index (κ2) is 5.43. The summed E-state index contributed by atoms with van der Waals surface area (Å²) in [5, 5.41) is 16.7. The van der Waals surface area contributed by atoms with Gasteiger partial charge in [-0.15, -0.1) is 10.2 Å². The number of hydrogen-bond acceptors (Lipinski definition) is 5. The molecule has 1 atom stereocenters. The average Bonchev–Trinajstić information content (AvgIpc) is 2.94. The number of aromatic nitrogens is 4. The molecule has 2 rings (SSSR count). The quantitative estimate of drug-likeness (QED) is 0.724. The van der Waals surface area contributed by atoms with Crippen molar-refractivity contribution in [1.29, 1.82) is 0 Å². The molecule has 0 radical (unpaired) electrons. The average molecular weight is 253 g/mol. The molecule has 0 spiro atoms. The second-order valence-electron chi connectivity index (χ2n) is 4.77. The van der Waals surface area contributed by atoms with E-state index in [0.29, 0.717) is 18.7 Å². The van der Waals surface area contributed by atoms with E-state index in [1.807, 2.05) is 6.92 Å². The van der Waals surface area contributed by atoms with Gasteiger partial charge in [0.25, 0.3) is 0 Å². The zero-order valence-corrected chi connectivity index (χ0v) is 10.8. The fourth-order valence-electron chi connectivity index (χ4n) is 1.95. The number of rotatable bonds is 7. The molecule has 1 aromatic rings. The topological polar surface area (TPSA) is 92.8 Å². The highest BCUT2D eigenvalue weighted by Crippen LogP contribution is 2.41. The number of aromatic amines is 1. The predicted molar refractivity (Wildman–Crippen MR) is 63.7 cm³/mol. The number of nitrogens with zero attached hydrogens (tertiary/aromatic N) is 3. The SMILES string of the molecule is CCC(Cc1nn[nH]n1)NC(=O)CC1(OC)CC1. The van der Waals surface area contributed by atoms with Gasteiger partial charge in [0.2, 0.25) is 5.91 Å². The van der Waals surface area contributed by atoms with E-state index < -0.39 is 0 Å². The Balaban J connectivity index is 1.80. The van der Waals surface area contributed by atoms with Gasteiger partial charge in [0.15, 0.2) is 5.82 Å². The zero-order chi connectivity index (χ0) is 13.0. The Morgan fingerprint density at radius 1 is 1.61 bits per heavy atom. The van der Waals surface area contributed by atoms with Crippen LogP contribution in [0.4, 0.5) is 0 Å². The normalized spacial score (nSPS) is 18.3. The molecule has 1 amide bonds. The predicted octanol–water partition coefficient (Wildman–Crippen LogP) is 0.206. The minimum atomic E-state index is -0.200. The van der Waals surface area contributed by atoms with Crippen LogP contribution in [0, 0.1) is 0 Å². The molecule has 0 bridgehead atoms. The summed E-state index contributed by atoms with van der Waals surface area (Å²) in [4.78, 5) is 11.9. The van der Waals surface area contributed by atoms with E-state index in [1.54, 1.807) is 7.11 Å². The minimum absolute atomic E-state index is 0.0321. The molecule has 7 heteroatoms. The fourth-order valence-corrected chi connectivity index (χ4v) is 1.95. The van der Waals surface area contributed by atoms with Gasteiger partial charge in [0.1, 0.15) is 0 Å². The van der Waals surface area contributed by atoms with Crippen molar-refractivity contribution in [2.24, 2.45) is 0 Å². The van der Waals surface area contributed by atoms with Crippen LogP contribution < -0.4 is 5.32 Å². The van der Waals surface area contributed by atoms with Crippen molar-refractivity contribution >= 4 is 5.91 Å². The third kappa shape index (κ3) is 3.25. The lowest BCUT2D eigenvalue weighted by molar-refractivity contribution is -0.124. The van der Waals surface area contributed by atoms with Gasteiger partial charge in [0, 0.05) is 19.6 Å². The molecule has 100 valence electrons. The van der Waals surface area contributed by atoms with Crippen LogP contribution in [-0.2, 0) is 16.0 Å². The first-order valence-corrected chi connectivity index (χ1v) is 6.24. The van der Waals surface area contributed by atoms with Gasteiger partial charge in [0.05, 0.1) is 12.0 Å². The lowest BCUT2D eigenvalue weighted by Gasteiger charge is -2.18. The largest absolute Gasteiger partial charge is 0.378 e. The standard InChI is InChI=1S/C11H19N5O2/c1-3-8(6-9-13-15-16-14-9)12-10(17)7-11(18-2)4-5-11/h8H,3-7H2,1-2H3,(H,12,17)(H,13,14,15,16). The number of hydrogen-bond donors (Lipinski definition) is 2. The number of methoxy groups -OCH3 is 1. The van der Waals surface area contributed by atoms with Crippen molar-refractivity contribution < 1.29 is 9.53 Å². The van der Waals surface area contributed by atoms with E-state index in [4.69, 9.17) is 4.74 Å². The van der Waals surface area contributed by atoms with Crippen molar-refractivity contribution in [2.75, 3.05) is 7.11 Å². The van der Waals surface area contributed by atoms with E-state index in [1.165, 1.54) is 0 Å². The van der Waals surface area contributed by atoms with Gasteiger partial charge in [-0.1, -0.05) is 12.1 Å². The molecule has 7 nitrogen and oxygen atoms in total. The third-order valence-electron chi connectivity index (χ3n) is 3.40. The number of tetrazole rings is 1. The summed E-state index contributed by atoms with van der Waals surface area (Å²) in [5.74, 6) is 0.653. The highest BCUT2D eigenvalue weighted by Gasteiger charge is 2.44. The summed E-state index contributed by atoms with van der Waals surface area (Å²) in [7, 11) is 1.66. The van der Waals surface area contributed by atoms with Crippen molar-refractivity contribution in [1.82, 2.24) is 25.9 Å². The molecule has 0 aliphatic heterocycles. The highest BCUT2D eigenvalue weighted by molar-refractivity contribution is 5.77. The van der Waals surface area contributed by atoms with Gasteiger partial charge in [-0.05, 0) is 19.3 Å². The van der Waals surface area contributed by atoms with Crippen LogP contribution in [0.25, 0.3) is 0 Å². The summed E-state index contributed by atoms with van der Waals surface area (Å²) in [6.07, 6.45) is 3.81. The van der Waals surface area contributed by atoms with Crippen LogP contribution >= 0.6 is 0 Å². The molecule has 1 heterocycles. The maximum Gasteiger partial charge on any atom is 0.223 e. The van der Waals surface area contributed by atoms with Crippen molar-refractivity contribution in [3.63, 3.8) is 0 Å². The molecule has 1 unspecified atom stereocenters. The van der Waals surface area contributed by atoms with E-state index >= 15 is 0 Å². The summed E-state index contributed by atoms with van der Waals surface area (Å²) < 4.78 is 5.34. The summed E-state index contributed by atoms with van der Waals surface area (Å²) >= 11 is 0.